The Morgan fingerprint density at radius 2 is 1.29 bits per heavy atom. The summed E-state index contributed by atoms with van der Waals surface area (Å²) >= 11 is 0. The molecule has 0 saturated carbocycles. The minimum absolute atomic E-state index is 0.0194. The number of benzene rings is 3. The topological polar surface area (TPSA) is 98.2 Å². The van der Waals surface area contributed by atoms with Gasteiger partial charge in [-0.1, -0.05) is 26.0 Å². The van der Waals surface area contributed by atoms with E-state index in [2.05, 4.69) is 13.8 Å². The molecule has 8 nitrogen and oxygen atoms in total. The van der Waals surface area contributed by atoms with E-state index in [-0.39, 0.29) is 11.1 Å². The minimum atomic E-state index is -4.12. The van der Waals surface area contributed by atoms with Crippen LogP contribution in [0.15, 0.2) is 54.6 Å². The van der Waals surface area contributed by atoms with Crippen LogP contribution in [0.25, 0.3) is 0 Å². The fourth-order valence-corrected chi connectivity index (χ4v) is 7.21. The van der Waals surface area contributed by atoms with Crippen molar-refractivity contribution in [3.63, 3.8) is 0 Å². The molecule has 1 aliphatic heterocycles. The van der Waals surface area contributed by atoms with E-state index in [4.69, 9.17) is 0 Å². The molecule has 3 aromatic carbocycles. The van der Waals surface area contributed by atoms with Gasteiger partial charge in [0.1, 0.15) is 5.54 Å². The van der Waals surface area contributed by atoms with Crippen molar-refractivity contribution in [3.8, 4) is 0 Å². The van der Waals surface area contributed by atoms with E-state index in [1.807, 2.05) is 74.4 Å². The average molecular weight is 534 g/mol. The molecule has 1 N–H and O–H groups in total. The third-order valence-corrected chi connectivity index (χ3v) is 8.98. The summed E-state index contributed by atoms with van der Waals surface area (Å²) in [5.74, 6) is -1.83. The van der Waals surface area contributed by atoms with Crippen LogP contribution in [0.5, 0.6) is 0 Å². The third-order valence-electron chi connectivity index (χ3n) is 7.87. The molecule has 0 fully saturated rings. The van der Waals surface area contributed by atoms with Gasteiger partial charge in [0.05, 0.1) is 11.8 Å². The number of hydrogen-bond acceptors (Lipinski definition) is 6. The second-order valence-corrected chi connectivity index (χ2v) is 12.8. The zero-order valence-electron chi connectivity index (χ0n) is 22.5. The number of carbonyl (C=O) groups excluding carboxylic acids is 1. The summed E-state index contributed by atoms with van der Waals surface area (Å²) in [6.07, 6.45) is 1.03. The maximum atomic E-state index is 13.9. The van der Waals surface area contributed by atoms with Crippen molar-refractivity contribution in [2.45, 2.75) is 24.8 Å². The predicted octanol–water partition coefficient (Wildman–Crippen LogP) is 3.86. The molecule has 0 atom stereocenters. The monoisotopic (exact) mass is 533 g/mol. The van der Waals surface area contributed by atoms with Crippen LogP contribution in [-0.4, -0.2) is 64.2 Å². The minimum Gasteiger partial charge on any atom is -0.478 e. The number of nitrogens with zero attached hydrogens (tertiary/aromatic N) is 3. The fraction of sp³-hybridized carbons (Fsp3) is 0.310. The number of amides is 1. The molecule has 9 heteroatoms. The van der Waals surface area contributed by atoms with Crippen molar-refractivity contribution in [2.24, 2.45) is 0 Å². The number of aromatic carboxylic acids is 1. The van der Waals surface area contributed by atoms with Crippen molar-refractivity contribution in [1.29, 1.82) is 0 Å². The zero-order valence-corrected chi connectivity index (χ0v) is 23.3. The first-order valence-electron chi connectivity index (χ1n) is 12.2. The molecule has 1 aliphatic carbocycles. The van der Waals surface area contributed by atoms with E-state index in [9.17, 15) is 23.1 Å². The van der Waals surface area contributed by atoms with Gasteiger partial charge in [-0.05, 0) is 64.7 Å². The summed E-state index contributed by atoms with van der Waals surface area (Å²) in [6, 6.07) is 15.9. The Balaban J connectivity index is 2.04. The highest BCUT2D eigenvalue weighted by atomic mass is 32.2. The average Bonchev–Trinajstić information content (AvgIpc) is 3.11. The van der Waals surface area contributed by atoms with Gasteiger partial charge >= 0.3 is 5.97 Å². The summed E-state index contributed by atoms with van der Waals surface area (Å²) in [5.41, 5.74) is 3.22. The molecule has 3 aromatic rings. The molecular formula is C29H31N3O5S. The lowest BCUT2D eigenvalue weighted by molar-refractivity contribution is 0.0696. The lowest BCUT2D eigenvalue weighted by atomic mass is 9.60. The van der Waals surface area contributed by atoms with Crippen molar-refractivity contribution in [1.82, 2.24) is 4.31 Å². The smallest absolute Gasteiger partial charge is 0.335 e. The molecule has 5 rings (SSSR count). The van der Waals surface area contributed by atoms with E-state index in [0.717, 1.165) is 33.1 Å². The highest BCUT2D eigenvalue weighted by molar-refractivity contribution is 7.89. The molecule has 38 heavy (non-hydrogen) atoms. The second-order valence-electron chi connectivity index (χ2n) is 11.0. The fourth-order valence-electron chi connectivity index (χ4n) is 6.02. The van der Waals surface area contributed by atoms with Crippen LogP contribution in [0.2, 0.25) is 0 Å². The molecule has 0 bridgehead atoms. The van der Waals surface area contributed by atoms with Gasteiger partial charge in [0.15, 0.2) is 0 Å². The zero-order chi connectivity index (χ0) is 27.9. The molecule has 1 spiro atoms. The van der Waals surface area contributed by atoms with Gasteiger partial charge in [-0.3, -0.25) is 4.79 Å². The van der Waals surface area contributed by atoms with E-state index in [1.165, 1.54) is 18.2 Å². The number of carboxylic acid groups (broad SMARTS) is 1. The molecule has 2 aliphatic rings. The van der Waals surface area contributed by atoms with Crippen LogP contribution in [-0.2, 0) is 21.0 Å². The van der Waals surface area contributed by atoms with Crippen molar-refractivity contribution >= 4 is 33.3 Å². The Hall–Kier alpha value is -3.85. The summed E-state index contributed by atoms with van der Waals surface area (Å²) in [5, 5.41) is 9.84. The van der Waals surface area contributed by atoms with E-state index >= 15 is 0 Å². The van der Waals surface area contributed by atoms with Gasteiger partial charge in [0, 0.05) is 56.1 Å². The summed E-state index contributed by atoms with van der Waals surface area (Å²) in [6.45, 7) is 4.18. The lowest BCUT2D eigenvalue weighted by Gasteiger charge is -2.49. The Kier molecular flexibility index (Phi) is 5.48. The van der Waals surface area contributed by atoms with Crippen LogP contribution in [0.3, 0.4) is 0 Å². The summed E-state index contributed by atoms with van der Waals surface area (Å²) < 4.78 is 28.0. The first-order chi connectivity index (χ1) is 17.6. The third kappa shape index (κ3) is 3.31. The van der Waals surface area contributed by atoms with Gasteiger partial charge in [-0.15, -0.1) is 0 Å². The molecule has 198 valence electrons. The first-order valence-corrected chi connectivity index (χ1v) is 14.1. The van der Waals surface area contributed by atoms with E-state index < -0.39 is 32.9 Å². The van der Waals surface area contributed by atoms with Gasteiger partial charge in [0.2, 0.25) is 10.0 Å². The standard InChI is InChI=1S/C29H31N3O5S/c1-28(2)24-15-18(30(3)4)9-12-21(24)29(22-13-10-19(31(5)6)16-25(22)28)23-14-17(27(34)35)8-11-20(23)26(33)32(29)38(7,36)37/h8-16H,1-7H3,(H,34,35). The van der Waals surface area contributed by atoms with Crippen molar-refractivity contribution in [3.05, 3.63) is 93.5 Å². The number of rotatable bonds is 4. The Labute approximate surface area is 223 Å². The molecule has 1 heterocycles. The number of sulfonamides is 1. The Bertz CT molecular complexity index is 1580. The molecule has 0 radical (unpaired) electrons. The van der Waals surface area contributed by atoms with Crippen molar-refractivity contribution in [2.75, 3.05) is 44.2 Å². The number of carbonyl (C=O) groups is 2. The van der Waals surface area contributed by atoms with Crippen LogP contribution >= 0.6 is 0 Å². The predicted molar refractivity (Wildman–Crippen MR) is 148 cm³/mol. The highest BCUT2D eigenvalue weighted by Gasteiger charge is 2.61. The highest BCUT2D eigenvalue weighted by Crippen LogP contribution is 2.59. The van der Waals surface area contributed by atoms with E-state index in [1.54, 1.807) is 0 Å². The van der Waals surface area contributed by atoms with Crippen LogP contribution in [0.4, 0.5) is 11.4 Å². The van der Waals surface area contributed by atoms with Crippen LogP contribution < -0.4 is 9.80 Å². The largest absolute Gasteiger partial charge is 0.478 e. The van der Waals surface area contributed by atoms with Crippen LogP contribution in [0.1, 0.15) is 62.4 Å². The van der Waals surface area contributed by atoms with Gasteiger partial charge in [-0.25, -0.2) is 17.5 Å². The molecule has 0 aromatic heterocycles. The van der Waals surface area contributed by atoms with Gasteiger partial charge < -0.3 is 14.9 Å². The first kappa shape index (κ1) is 25.8. The van der Waals surface area contributed by atoms with Crippen molar-refractivity contribution < 1.29 is 23.1 Å². The SMILES string of the molecule is CN(C)c1ccc2c(c1)C(C)(C)c1cc(N(C)C)ccc1C21c2cc(C(=O)O)ccc2C(=O)N1S(C)(=O)=O. The lowest BCUT2D eigenvalue weighted by Crippen LogP contribution is -2.53. The summed E-state index contributed by atoms with van der Waals surface area (Å²) in [7, 11) is 3.61. The number of fused-ring (bicyclic) bond motifs is 6. The number of hydrogen-bond donors (Lipinski definition) is 1. The maximum absolute atomic E-state index is 13.9. The van der Waals surface area contributed by atoms with Gasteiger partial charge in [0.25, 0.3) is 5.91 Å². The maximum Gasteiger partial charge on any atom is 0.335 e. The molecule has 1 amide bonds. The quantitative estimate of drug-likeness (QED) is 0.544. The van der Waals surface area contributed by atoms with E-state index in [0.29, 0.717) is 16.7 Å². The molecule has 0 saturated heterocycles. The van der Waals surface area contributed by atoms with Crippen LogP contribution in [0, 0.1) is 0 Å². The number of carboxylic acids is 1. The number of anilines is 2. The Morgan fingerprint density at radius 1 is 0.789 bits per heavy atom. The normalized spacial score (nSPS) is 16.6. The Morgan fingerprint density at radius 3 is 1.71 bits per heavy atom. The summed E-state index contributed by atoms with van der Waals surface area (Å²) in [4.78, 5) is 29.9. The molecular weight excluding hydrogens is 502 g/mol. The van der Waals surface area contributed by atoms with Gasteiger partial charge in [-0.2, -0.15) is 0 Å². The molecule has 0 unspecified atom stereocenters. The second kappa shape index (κ2) is 8.07.